The molecule has 2 aromatic rings. The van der Waals surface area contributed by atoms with E-state index in [2.05, 4.69) is 51.7 Å². The summed E-state index contributed by atoms with van der Waals surface area (Å²) in [6, 6.07) is 12.4. The predicted octanol–water partition coefficient (Wildman–Crippen LogP) is 3.40. The summed E-state index contributed by atoms with van der Waals surface area (Å²) >= 11 is 0. The number of nitrogens with one attached hydrogen (secondary N) is 2. The van der Waals surface area contributed by atoms with Gasteiger partial charge in [-0.05, 0) is 43.2 Å². The van der Waals surface area contributed by atoms with E-state index in [0.29, 0.717) is 19.8 Å². The first kappa shape index (κ1) is 24.5. The van der Waals surface area contributed by atoms with E-state index in [1.807, 2.05) is 12.1 Å². The van der Waals surface area contributed by atoms with Crippen LogP contribution in [0.3, 0.4) is 0 Å². The zero-order valence-electron chi connectivity index (χ0n) is 17.6. The van der Waals surface area contributed by atoms with Crippen molar-refractivity contribution in [2.45, 2.75) is 26.5 Å². The van der Waals surface area contributed by atoms with Crippen LogP contribution < -0.4 is 15.5 Å². The summed E-state index contributed by atoms with van der Waals surface area (Å²) < 4.78 is 16.3. The third kappa shape index (κ3) is 8.53. The second-order valence-electron chi connectivity index (χ2n) is 6.87. The Bertz CT molecular complexity index is 716. The van der Waals surface area contributed by atoms with Crippen molar-refractivity contribution < 1.29 is 13.9 Å². The van der Waals surface area contributed by atoms with Crippen molar-refractivity contribution in [1.29, 1.82) is 0 Å². The van der Waals surface area contributed by atoms with Crippen LogP contribution >= 0.6 is 24.0 Å². The normalized spacial score (nSPS) is 14.3. The molecule has 2 heterocycles. The Hall–Kier alpha value is -1.78. The lowest BCUT2D eigenvalue weighted by Gasteiger charge is -2.28. The Balaban J connectivity index is 0.00000320. The van der Waals surface area contributed by atoms with Gasteiger partial charge in [0, 0.05) is 38.5 Å². The fourth-order valence-electron chi connectivity index (χ4n) is 3.09. The minimum absolute atomic E-state index is 0. The molecule has 0 aliphatic carbocycles. The maximum Gasteiger partial charge on any atom is 0.191 e. The largest absolute Gasteiger partial charge is 0.467 e. The Labute approximate surface area is 196 Å². The van der Waals surface area contributed by atoms with Gasteiger partial charge in [-0.3, -0.25) is 0 Å². The lowest BCUT2D eigenvalue weighted by Crippen LogP contribution is -2.38. The fraction of sp³-hybridized carbons (Fsp3) is 0.500. The number of ether oxygens (including phenoxy) is 2. The number of halogens is 1. The number of nitrogens with zero attached hydrogens (tertiary/aromatic N) is 2. The molecule has 0 atom stereocenters. The van der Waals surface area contributed by atoms with E-state index in [-0.39, 0.29) is 24.0 Å². The Kier molecular flexibility index (Phi) is 11.6. The highest BCUT2D eigenvalue weighted by Crippen LogP contribution is 2.17. The van der Waals surface area contributed by atoms with E-state index < -0.39 is 0 Å². The molecule has 8 heteroatoms. The van der Waals surface area contributed by atoms with Gasteiger partial charge in [0.25, 0.3) is 0 Å². The van der Waals surface area contributed by atoms with Crippen LogP contribution in [0.5, 0.6) is 0 Å². The Morgan fingerprint density at radius 3 is 2.63 bits per heavy atom. The van der Waals surface area contributed by atoms with E-state index >= 15 is 0 Å². The van der Waals surface area contributed by atoms with E-state index in [4.69, 9.17) is 13.9 Å². The molecular weight excluding hydrogens is 495 g/mol. The molecule has 7 nitrogen and oxygen atoms in total. The number of aliphatic imine (C=N–C) groups is 1. The predicted molar refractivity (Wildman–Crippen MR) is 131 cm³/mol. The van der Waals surface area contributed by atoms with Gasteiger partial charge >= 0.3 is 0 Å². The van der Waals surface area contributed by atoms with Gasteiger partial charge in [-0.1, -0.05) is 12.1 Å². The summed E-state index contributed by atoms with van der Waals surface area (Å²) in [5, 5.41) is 6.65. The number of rotatable bonds is 10. The first-order valence-electron chi connectivity index (χ1n) is 10.4. The summed E-state index contributed by atoms with van der Waals surface area (Å²) in [5.74, 6) is 1.68. The van der Waals surface area contributed by atoms with Crippen LogP contribution in [0.15, 0.2) is 52.1 Å². The van der Waals surface area contributed by atoms with Gasteiger partial charge in [-0.2, -0.15) is 0 Å². The van der Waals surface area contributed by atoms with E-state index in [9.17, 15) is 0 Å². The van der Waals surface area contributed by atoms with Gasteiger partial charge in [0.05, 0.1) is 26.0 Å². The van der Waals surface area contributed by atoms with E-state index in [0.717, 1.165) is 57.5 Å². The van der Waals surface area contributed by atoms with Gasteiger partial charge in [-0.25, -0.2) is 4.99 Å². The monoisotopic (exact) mass is 528 g/mol. The molecule has 0 spiro atoms. The number of hydrogen-bond acceptors (Lipinski definition) is 5. The summed E-state index contributed by atoms with van der Waals surface area (Å²) in [7, 11) is 0. The van der Waals surface area contributed by atoms with Crippen LogP contribution in [0.1, 0.15) is 24.7 Å². The van der Waals surface area contributed by atoms with Crippen LogP contribution in [0, 0.1) is 0 Å². The van der Waals surface area contributed by atoms with Crippen molar-refractivity contribution in [1.82, 2.24) is 10.6 Å². The van der Waals surface area contributed by atoms with Gasteiger partial charge in [0.1, 0.15) is 12.4 Å². The number of guanidine groups is 1. The average Bonchev–Trinajstić information content (AvgIpc) is 3.29. The molecule has 1 saturated heterocycles. The molecule has 1 aliphatic rings. The van der Waals surface area contributed by atoms with Crippen molar-refractivity contribution in [3.05, 3.63) is 54.0 Å². The first-order chi connectivity index (χ1) is 14.3. The van der Waals surface area contributed by atoms with E-state index in [1.54, 1.807) is 6.26 Å². The van der Waals surface area contributed by atoms with Crippen LogP contribution in [-0.4, -0.2) is 52.0 Å². The highest BCUT2D eigenvalue weighted by Gasteiger charge is 2.10. The van der Waals surface area contributed by atoms with Crippen LogP contribution in [0.4, 0.5) is 5.69 Å². The topological polar surface area (TPSA) is 71.3 Å². The van der Waals surface area contributed by atoms with Crippen molar-refractivity contribution in [2.24, 2.45) is 4.99 Å². The lowest BCUT2D eigenvalue weighted by molar-refractivity contribution is 0.105. The Morgan fingerprint density at radius 2 is 1.93 bits per heavy atom. The van der Waals surface area contributed by atoms with Crippen molar-refractivity contribution in [3.8, 4) is 0 Å². The standard InChI is InChI=1S/C22H32N4O3.HI/c1-2-23-22(24-10-4-13-28-18-21-5-3-14-29-21)25-17-19-6-8-20(9-7-19)26-11-15-27-16-12-26;/h3,5-9,14H,2,4,10-13,15-18H2,1H3,(H2,23,24,25);1H. The molecule has 166 valence electrons. The minimum Gasteiger partial charge on any atom is -0.467 e. The number of hydrogen-bond donors (Lipinski definition) is 2. The van der Waals surface area contributed by atoms with Crippen LogP contribution in [-0.2, 0) is 22.6 Å². The van der Waals surface area contributed by atoms with Gasteiger partial charge in [0.2, 0.25) is 0 Å². The summed E-state index contributed by atoms with van der Waals surface area (Å²) in [5.41, 5.74) is 2.45. The zero-order chi connectivity index (χ0) is 20.2. The minimum atomic E-state index is 0. The molecular formula is C22H33IN4O3. The molecule has 3 rings (SSSR count). The van der Waals surface area contributed by atoms with Gasteiger partial charge in [0.15, 0.2) is 5.96 Å². The van der Waals surface area contributed by atoms with Gasteiger partial charge in [-0.15, -0.1) is 24.0 Å². The summed E-state index contributed by atoms with van der Waals surface area (Å²) in [6.07, 6.45) is 2.56. The highest BCUT2D eigenvalue weighted by molar-refractivity contribution is 14.0. The molecule has 0 unspecified atom stereocenters. The number of morpholine rings is 1. The zero-order valence-corrected chi connectivity index (χ0v) is 20.0. The molecule has 0 saturated carbocycles. The first-order valence-corrected chi connectivity index (χ1v) is 10.4. The summed E-state index contributed by atoms with van der Waals surface area (Å²) in [6.45, 7) is 9.06. The lowest BCUT2D eigenvalue weighted by atomic mass is 10.2. The molecule has 0 radical (unpaired) electrons. The fourth-order valence-corrected chi connectivity index (χ4v) is 3.09. The molecule has 30 heavy (non-hydrogen) atoms. The molecule has 1 aliphatic heterocycles. The van der Waals surface area contributed by atoms with E-state index in [1.165, 1.54) is 11.3 Å². The molecule has 1 fully saturated rings. The number of benzene rings is 1. The van der Waals surface area contributed by atoms with Crippen molar-refractivity contribution >= 4 is 35.6 Å². The summed E-state index contributed by atoms with van der Waals surface area (Å²) in [4.78, 5) is 7.05. The van der Waals surface area contributed by atoms with Crippen molar-refractivity contribution in [2.75, 3.05) is 50.9 Å². The maximum atomic E-state index is 5.60. The second-order valence-corrected chi connectivity index (χ2v) is 6.87. The molecule has 0 amide bonds. The molecule has 1 aromatic heterocycles. The third-order valence-electron chi connectivity index (χ3n) is 4.66. The number of furan rings is 1. The van der Waals surface area contributed by atoms with Gasteiger partial charge < -0.3 is 29.4 Å². The maximum absolute atomic E-state index is 5.60. The molecule has 1 aromatic carbocycles. The molecule has 0 bridgehead atoms. The van der Waals surface area contributed by atoms with Crippen LogP contribution in [0.2, 0.25) is 0 Å². The second kappa shape index (κ2) is 14.3. The SMILES string of the molecule is CCNC(=NCc1ccc(N2CCOCC2)cc1)NCCCOCc1ccco1.I. The smallest absolute Gasteiger partial charge is 0.191 e. The third-order valence-corrected chi connectivity index (χ3v) is 4.66. The highest BCUT2D eigenvalue weighted by atomic mass is 127. The average molecular weight is 528 g/mol. The van der Waals surface area contributed by atoms with Crippen molar-refractivity contribution in [3.63, 3.8) is 0 Å². The van der Waals surface area contributed by atoms with Crippen LogP contribution in [0.25, 0.3) is 0 Å². The Morgan fingerprint density at radius 1 is 1.13 bits per heavy atom. The number of anilines is 1. The molecule has 2 N–H and O–H groups in total. The quantitative estimate of drug-likeness (QED) is 0.213.